The Kier molecular flexibility index (Phi) is 6.74. The topological polar surface area (TPSA) is 73.2 Å². The Balaban J connectivity index is 1.78. The summed E-state index contributed by atoms with van der Waals surface area (Å²) >= 11 is 0. The van der Waals surface area contributed by atoms with Crippen molar-refractivity contribution in [3.05, 3.63) is 57.8 Å². The lowest BCUT2D eigenvalue weighted by Gasteiger charge is -2.10. The van der Waals surface area contributed by atoms with Crippen LogP contribution in [0.15, 0.2) is 35.4 Å². The number of hydrogen-bond donors (Lipinski definition) is 1. The first kappa shape index (κ1) is 18.7. The maximum Gasteiger partial charge on any atom is 0.253 e. The zero-order valence-corrected chi connectivity index (χ0v) is 15.0. The van der Waals surface area contributed by atoms with Crippen LogP contribution in [0.2, 0.25) is 0 Å². The number of amides is 1. The highest BCUT2D eigenvalue weighted by molar-refractivity contribution is 5.75. The number of aromatic nitrogens is 2. The van der Waals surface area contributed by atoms with Crippen LogP contribution in [-0.4, -0.2) is 28.6 Å². The van der Waals surface area contributed by atoms with Gasteiger partial charge < -0.3 is 10.1 Å². The summed E-state index contributed by atoms with van der Waals surface area (Å²) in [5.41, 5.74) is 2.82. The first-order chi connectivity index (χ1) is 12.0. The van der Waals surface area contributed by atoms with Gasteiger partial charge in [0.1, 0.15) is 18.9 Å². The second-order valence-electron chi connectivity index (χ2n) is 6.12. The van der Waals surface area contributed by atoms with Gasteiger partial charge in [0, 0.05) is 11.8 Å². The highest BCUT2D eigenvalue weighted by Gasteiger charge is 2.06. The second-order valence-corrected chi connectivity index (χ2v) is 6.12. The van der Waals surface area contributed by atoms with Crippen LogP contribution in [-0.2, 0) is 17.8 Å². The second kappa shape index (κ2) is 9.01. The lowest BCUT2D eigenvalue weighted by Crippen LogP contribution is -2.34. The van der Waals surface area contributed by atoms with Crippen LogP contribution in [0.5, 0.6) is 5.75 Å². The first-order valence-corrected chi connectivity index (χ1v) is 8.51. The molecule has 1 amide bonds. The summed E-state index contributed by atoms with van der Waals surface area (Å²) in [6.07, 6.45) is 3.12. The van der Waals surface area contributed by atoms with Crippen LogP contribution in [0.25, 0.3) is 0 Å². The van der Waals surface area contributed by atoms with Gasteiger partial charge in [-0.2, -0.15) is 0 Å². The summed E-state index contributed by atoms with van der Waals surface area (Å²) in [7, 11) is 0. The third-order valence-corrected chi connectivity index (χ3v) is 3.64. The monoisotopic (exact) mass is 343 g/mol. The van der Waals surface area contributed by atoms with Crippen molar-refractivity contribution < 1.29 is 9.53 Å². The molecular weight excluding hydrogens is 318 g/mol. The molecule has 25 heavy (non-hydrogen) atoms. The first-order valence-electron chi connectivity index (χ1n) is 8.51. The molecule has 1 N–H and O–H groups in total. The van der Waals surface area contributed by atoms with Crippen LogP contribution >= 0.6 is 0 Å². The van der Waals surface area contributed by atoms with Crippen molar-refractivity contribution in [2.45, 2.75) is 40.2 Å². The summed E-state index contributed by atoms with van der Waals surface area (Å²) < 4.78 is 6.94. The molecular formula is C19H25N3O3. The average molecular weight is 343 g/mol. The van der Waals surface area contributed by atoms with E-state index in [0.29, 0.717) is 13.2 Å². The number of nitrogens with one attached hydrogen (secondary N) is 1. The lowest BCUT2D eigenvalue weighted by atomic mass is 10.1. The molecule has 1 heterocycles. The Bertz CT molecular complexity index is 763. The van der Waals surface area contributed by atoms with Crippen LogP contribution in [0.3, 0.4) is 0 Å². The maximum atomic E-state index is 11.9. The zero-order chi connectivity index (χ0) is 18.2. The number of nitrogens with zero attached hydrogens (tertiary/aromatic N) is 2. The third kappa shape index (κ3) is 6.06. The van der Waals surface area contributed by atoms with E-state index in [2.05, 4.69) is 16.4 Å². The number of benzene rings is 1. The van der Waals surface area contributed by atoms with Gasteiger partial charge in [-0.25, -0.2) is 4.98 Å². The molecule has 0 bridgehead atoms. The fraction of sp³-hybridized carbons (Fsp3) is 0.421. The van der Waals surface area contributed by atoms with Crippen molar-refractivity contribution in [1.29, 1.82) is 0 Å². The quantitative estimate of drug-likeness (QED) is 0.744. The SMILES string of the molecule is CCCc1cc(=O)n(CC(=O)NCCOc2cc(C)cc(C)c2)cn1. The standard InChI is InChI=1S/C19H25N3O3/c1-4-5-16-11-19(24)22(13-21-16)12-18(23)20-6-7-25-17-9-14(2)8-15(3)10-17/h8-11,13H,4-7,12H2,1-3H3,(H,20,23). The van der Waals surface area contributed by atoms with E-state index in [9.17, 15) is 9.59 Å². The van der Waals surface area contributed by atoms with E-state index in [1.807, 2.05) is 32.9 Å². The molecule has 0 spiro atoms. The van der Waals surface area contributed by atoms with Crippen LogP contribution < -0.4 is 15.6 Å². The Labute approximate surface area is 147 Å². The van der Waals surface area contributed by atoms with Gasteiger partial charge in [0.25, 0.3) is 5.56 Å². The normalized spacial score (nSPS) is 10.5. The molecule has 0 fully saturated rings. The highest BCUT2D eigenvalue weighted by Crippen LogP contribution is 2.15. The number of ether oxygens (including phenoxy) is 1. The molecule has 0 aliphatic carbocycles. The minimum Gasteiger partial charge on any atom is -0.492 e. The predicted octanol–water partition coefficient (Wildman–Crippen LogP) is 2.01. The van der Waals surface area contributed by atoms with E-state index >= 15 is 0 Å². The van der Waals surface area contributed by atoms with Gasteiger partial charge in [-0.1, -0.05) is 19.4 Å². The Hall–Kier alpha value is -2.63. The summed E-state index contributed by atoms with van der Waals surface area (Å²) in [5.74, 6) is 0.551. The largest absolute Gasteiger partial charge is 0.492 e. The van der Waals surface area contributed by atoms with Gasteiger partial charge in [-0.3, -0.25) is 14.2 Å². The molecule has 0 aliphatic rings. The van der Waals surface area contributed by atoms with Gasteiger partial charge in [-0.05, 0) is 43.5 Å². The number of carbonyl (C=O) groups is 1. The molecule has 0 unspecified atom stereocenters. The molecule has 1 aromatic heterocycles. The van der Waals surface area contributed by atoms with Crippen LogP contribution in [0, 0.1) is 13.8 Å². The molecule has 0 saturated heterocycles. The van der Waals surface area contributed by atoms with Crippen molar-refractivity contribution in [3.63, 3.8) is 0 Å². The van der Waals surface area contributed by atoms with Crippen LogP contribution in [0.4, 0.5) is 0 Å². The molecule has 0 atom stereocenters. The van der Waals surface area contributed by atoms with E-state index in [1.165, 1.54) is 17.0 Å². The van der Waals surface area contributed by atoms with E-state index in [-0.39, 0.29) is 18.0 Å². The van der Waals surface area contributed by atoms with Crippen molar-refractivity contribution in [2.24, 2.45) is 0 Å². The van der Waals surface area contributed by atoms with E-state index in [0.717, 1.165) is 35.4 Å². The summed E-state index contributed by atoms with van der Waals surface area (Å²) in [6, 6.07) is 7.47. The van der Waals surface area contributed by atoms with Gasteiger partial charge in [0.2, 0.25) is 5.91 Å². The fourth-order valence-electron chi connectivity index (χ4n) is 2.56. The van der Waals surface area contributed by atoms with Gasteiger partial charge in [0.05, 0.1) is 12.9 Å². The van der Waals surface area contributed by atoms with Crippen molar-refractivity contribution in [2.75, 3.05) is 13.2 Å². The Morgan fingerprint density at radius 1 is 1.20 bits per heavy atom. The molecule has 2 aromatic rings. The Morgan fingerprint density at radius 2 is 1.92 bits per heavy atom. The number of hydrogen-bond acceptors (Lipinski definition) is 4. The molecule has 1 aromatic carbocycles. The Morgan fingerprint density at radius 3 is 2.56 bits per heavy atom. The van der Waals surface area contributed by atoms with Crippen LogP contribution in [0.1, 0.15) is 30.2 Å². The molecule has 134 valence electrons. The average Bonchev–Trinajstić information content (AvgIpc) is 2.54. The maximum absolute atomic E-state index is 11.9. The predicted molar refractivity (Wildman–Crippen MR) is 96.9 cm³/mol. The summed E-state index contributed by atoms with van der Waals surface area (Å²) in [5, 5.41) is 2.75. The fourth-order valence-corrected chi connectivity index (χ4v) is 2.56. The summed E-state index contributed by atoms with van der Waals surface area (Å²) in [4.78, 5) is 28.1. The number of aryl methyl sites for hydroxylation is 3. The van der Waals surface area contributed by atoms with Crippen molar-refractivity contribution >= 4 is 5.91 Å². The highest BCUT2D eigenvalue weighted by atomic mass is 16.5. The molecule has 0 saturated carbocycles. The third-order valence-electron chi connectivity index (χ3n) is 3.64. The van der Waals surface area contributed by atoms with Gasteiger partial charge in [0.15, 0.2) is 0 Å². The van der Waals surface area contributed by atoms with Gasteiger partial charge in [-0.15, -0.1) is 0 Å². The molecule has 2 rings (SSSR count). The van der Waals surface area contributed by atoms with E-state index < -0.39 is 0 Å². The molecule has 6 nitrogen and oxygen atoms in total. The minimum absolute atomic E-state index is 0.0399. The number of rotatable bonds is 8. The number of carbonyl (C=O) groups excluding carboxylic acids is 1. The van der Waals surface area contributed by atoms with Gasteiger partial charge >= 0.3 is 0 Å². The van der Waals surface area contributed by atoms with Crippen molar-refractivity contribution in [1.82, 2.24) is 14.9 Å². The minimum atomic E-state index is -0.240. The van der Waals surface area contributed by atoms with Crippen molar-refractivity contribution in [3.8, 4) is 5.75 Å². The van der Waals surface area contributed by atoms with E-state index in [1.54, 1.807) is 0 Å². The lowest BCUT2D eigenvalue weighted by molar-refractivity contribution is -0.121. The summed E-state index contributed by atoms with van der Waals surface area (Å²) in [6.45, 7) is 6.76. The zero-order valence-electron chi connectivity index (χ0n) is 15.0. The molecule has 0 radical (unpaired) electrons. The molecule has 6 heteroatoms. The van der Waals surface area contributed by atoms with E-state index in [4.69, 9.17) is 4.74 Å². The smallest absolute Gasteiger partial charge is 0.253 e. The molecule has 0 aliphatic heterocycles.